The van der Waals surface area contributed by atoms with Gasteiger partial charge in [-0.3, -0.25) is 4.99 Å². The molecule has 0 atom stereocenters. The molecule has 2 rings (SSSR count). The summed E-state index contributed by atoms with van der Waals surface area (Å²) in [5.74, 6) is -0.0538. The minimum atomic E-state index is -0.0538. The van der Waals surface area contributed by atoms with Gasteiger partial charge in [-0.1, -0.05) is 23.2 Å². The van der Waals surface area contributed by atoms with E-state index in [1.54, 1.807) is 6.07 Å². The Morgan fingerprint density at radius 3 is 2.83 bits per heavy atom. The smallest absolute Gasteiger partial charge is 0.143 e. The number of nitriles is 1. The van der Waals surface area contributed by atoms with Crippen LogP contribution in [0.3, 0.4) is 0 Å². The number of phenolic OH excluding ortho intramolecular Hbond substituents is 1. The van der Waals surface area contributed by atoms with Crippen LogP contribution in [-0.4, -0.2) is 11.3 Å². The summed E-state index contributed by atoms with van der Waals surface area (Å²) in [5, 5.41) is 19.3. The quantitative estimate of drug-likeness (QED) is 0.830. The van der Waals surface area contributed by atoms with Gasteiger partial charge in [-0.2, -0.15) is 5.26 Å². The molecule has 0 spiro atoms. The number of allylic oxidation sites excluding steroid dienone is 2. The molecule has 0 aromatic heterocycles. The molecule has 0 unspecified atom stereocenters. The van der Waals surface area contributed by atoms with Crippen LogP contribution in [0, 0.1) is 11.3 Å². The van der Waals surface area contributed by atoms with E-state index < -0.39 is 0 Å². The van der Waals surface area contributed by atoms with E-state index in [-0.39, 0.29) is 10.8 Å². The summed E-state index contributed by atoms with van der Waals surface area (Å²) in [6, 6.07) is 5.18. The molecule has 5 heteroatoms. The minimum Gasteiger partial charge on any atom is -0.506 e. The van der Waals surface area contributed by atoms with Gasteiger partial charge >= 0.3 is 0 Å². The Kier molecular flexibility index (Phi) is 3.90. The Morgan fingerprint density at radius 2 is 2.11 bits per heavy atom. The van der Waals surface area contributed by atoms with Crippen LogP contribution in [0.4, 0.5) is 0 Å². The Balaban J connectivity index is 2.33. The fourth-order valence-electron chi connectivity index (χ4n) is 1.82. The SMILES string of the molecule is N#CC1=C(N=Cc2cc(Cl)cc(Cl)c2O)CCC1. The van der Waals surface area contributed by atoms with E-state index in [9.17, 15) is 5.11 Å². The van der Waals surface area contributed by atoms with Crippen molar-refractivity contribution in [3.8, 4) is 11.8 Å². The summed E-state index contributed by atoms with van der Waals surface area (Å²) >= 11 is 11.7. The van der Waals surface area contributed by atoms with Crippen LogP contribution >= 0.6 is 23.2 Å². The maximum Gasteiger partial charge on any atom is 0.143 e. The standard InChI is InChI=1S/C13H10Cl2N2O/c14-10-4-9(13(18)11(15)5-10)7-17-12-3-1-2-8(12)6-16/h4-5,7,18H,1-3H2. The Hall–Kier alpha value is -1.50. The van der Waals surface area contributed by atoms with Gasteiger partial charge in [0, 0.05) is 16.8 Å². The van der Waals surface area contributed by atoms with Gasteiger partial charge in [0.1, 0.15) is 5.75 Å². The molecule has 3 nitrogen and oxygen atoms in total. The molecule has 1 aliphatic carbocycles. The molecule has 0 radical (unpaired) electrons. The van der Waals surface area contributed by atoms with E-state index in [4.69, 9.17) is 28.5 Å². The van der Waals surface area contributed by atoms with Gasteiger partial charge in [-0.25, -0.2) is 0 Å². The van der Waals surface area contributed by atoms with E-state index in [0.29, 0.717) is 16.2 Å². The van der Waals surface area contributed by atoms with Crippen molar-refractivity contribution in [3.05, 3.63) is 39.0 Å². The maximum atomic E-state index is 9.76. The summed E-state index contributed by atoms with van der Waals surface area (Å²) in [4.78, 5) is 4.24. The van der Waals surface area contributed by atoms with E-state index in [1.807, 2.05) is 0 Å². The zero-order valence-corrected chi connectivity index (χ0v) is 11.0. The normalized spacial score (nSPS) is 15.4. The van der Waals surface area contributed by atoms with Crippen LogP contribution < -0.4 is 0 Å². The molecule has 0 saturated heterocycles. The van der Waals surface area contributed by atoms with E-state index in [2.05, 4.69) is 11.1 Å². The maximum absolute atomic E-state index is 9.76. The first-order valence-corrected chi connectivity index (χ1v) is 6.21. The molecule has 18 heavy (non-hydrogen) atoms. The first kappa shape index (κ1) is 12.9. The predicted octanol–water partition coefficient (Wildman–Crippen LogP) is 4.08. The summed E-state index contributed by atoms with van der Waals surface area (Å²) in [5.41, 5.74) is 1.93. The third-order valence-corrected chi connectivity index (χ3v) is 3.25. The molecule has 0 heterocycles. The molecule has 1 aromatic carbocycles. The number of rotatable bonds is 2. The average molecular weight is 281 g/mol. The van der Waals surface area contributed by atoms with Crippen molar-refractivity contribution in [2.24, 2.45) is 4.99 Å². The lowest BCUT2D eigenvalue weighted by Crippen LogP contribution is -1.86. The van der Waals surface area contributed by atoms with E-state index >= 15 is 0 Å². The zero-order valence-electron chi connectivity index (χ0n) is 9.45. The average Bonchev–Trinajstić information content (AvgIpc) is 2.79. The lowest BCUT2D eigenvalue weighted by molar-refractivity contribution is 0.475. The highest BCUT2D eigenvalue weighted by molar-refractivity contribution is 6.36. The van der Waals surface area contributed by atoms with Gasteiger partial charge in [-0.05, 0) is 31.4 Å². The fourth-order valence-corrected chi connectivity index (χ4v) is 2.33. The number of halogens is 2. The molecule has 92 valence electrons. The summed E-state index contributed by atoms with van der Waals surface area (Å²) in [7, 11) is 0. The van der Waals surface area contributed by atoms with Crippen LogP contribution in [-0.2, 0) is 0 Å². The van der Waals surface area contributed by atoms with Crippen LogP contribution in [0.5, 0.6) is 5.75 Å². The van der Waals surface area contributed by atoms with Crippen molar-refractivity contribution in [2.75, 3.05) is 0 Å². The number of nitrogens with zero attached hydrogens (tertiary/aromatic N) is 2. The van der Waals surface area contributed by atoms with Crippen molar-refractivity contribution in [2.45, 2.75) is 19.3 Å². The molecule has 1 aromatic rings. The van der Waals surface area contributed by atoms with Gasteiger partial charge in [-0.15, -0.1) is 0 Å². The Bertz CT molecular complexity index is 585. The number of benzene rings is 1. The van der Waals surface area contributed by atoms with Gasteiger partial charge < -0.3 is 5.11 Å². The highest BCUT2D eigenvalue weighted by atomic mass is 35.5. The first-order valence-electron chi connectivity index (χ1n) is 5.46. The van der Waals surface area contributed by atoms with Crippen molar-refractivity contribution in [1.29, 1.82) is 5.26 Å². The second kappa shape index (κ2) is 5.43. The van der Waals surface area contributed by atoms with Crippen molar-refractivity contribution in [3.63, 3.8) is 0 Å². The number of hydrogen-bond donors (Lipinski definition) is 1. The molecular weight excluding hydrogens is 271 g/mol. The molecule has 1 N–H and O–H groups in total. The van der Waals surface area contributed by atoms with E-state index in [1.165, 1.54) is 12.3 Å². The monoisotopic (exact) mass is 280 g/mol. The number of aromatic hydroxyl groups is 1. The highest BCUT2D eigenvalue weighted by Crippen LogP contribution is 2.31. The van der Waals surface area contributed by atoms with Crippen LogP contribution in [0.15, 0.2) is 28.4 Å². The first-order chi connectivity index (χ1) is 8.61. The largest absolute Gasteiger partial charge is 0.506 e. The highest BCUT2D eigenvalue weighted by Gasteiger charge is 2.13. The predicted molar refractivity (Wildman–Crippen MR) is 72.2 cm³/mol. The van der Waals surface area contributed by atoms with Gasteiger partial charge in [0.25, 0.3) is 0 Å². The molecule has 0 bridgehead atoms. The number of phenols is 1. The van der Waals surface area contributed by atoms with Crippen molar-refractivity contribution < 1.29 is 5.11 Å². The molecule has 0 saturated carbocycles. The second-order valence-corrected chi connectivity index (χ2v) is 4.82. The molecule has 0 aliphatic heterocycles. The number of hydrogen-bond acceptors (Lipinski definition) is 3. The summed E-state index contributed by atoms with van der Waals surface area (Å²) < 4.78 is 0. The third-order valence-electron chi connectivity index (χ3n) is 2.74. The zero-order chi connectivity index (χ0) is 13.1. The molecule has 0 amide bonds. The second-order valence-electron chi connectivity index (χ2n) is 3.97. The van der Waals surface area contributed by atoms with Crippen LogP contribution in [0.25, 0.3) is 0 Å². The van der Waals surface area contributed by atoms with Gasteiger partial charge in [0.05, 0.1) is 22.4 Å². The fraction of sp³-hybridized carbons (Fsp3) is 0.231. The topological polar surface area (TPSA) is 56.4 Å². The van der Waals surface area contributed by atoms with E-state index in [0.717, 1.165) is 25.0 Å². The van der Waals surface area contributed by atoms with Gasteiger partial charge in [0.2, 0.25) is 0 Å². The lowest BCUT2D eigenvalue weighted by atomic mass is 10.2. The van der Waals surface area contributed by atoms with Gasteiger partial charge in [0.15, 0.2) is 0 Å². The number of aliphatic imine (C=N–C) groups is 1. The lowest BCUT2D eigenvalue weighted by Gasteiger charge is -2.02. The molecule has 1 aliphatic rings. The van der Waals surface area contributed by atoms with Crippen molar-refractivity contribution >= 4 is 29.4 Å². The summed E-state index contributed by atoms with van der Waals surface area (Å²) in [6.07, 6.45) is 3.99. The third kappa shape index (κ3) is 2.66. The molecular formula is C13H10Cl2N2O. The van der Waals surface area contributed by atoms with Crippen LogP contribution in [0.2, 0.25) is 10.0 Å². The Morgan fingerprint density at radius 1 is 1.33 bits per heavy atom. The molecule has 0 fully saturated rings. The Labute approximate surface area is 115 Å². The minimum absolute atomic E-state index is 0.0538. The van der Waals surface area contributed by atoms with Crippen molar-refractivity contribution in [1.82, 2.24) is 0 Å². The van der Waals surface area contributed by atoms with Crippen LogP contribution in [0.1, 0.15) is 24.8 Å². The summed E-state index contributed by atoms with van der Waals surface area (Å²) in [6.45, 7) is 0.